The van der Waals surface area contributed by atoms with Gasteiger partial charge in [0, 0.05) is 17.7 Å². The SMILES string of the molecule is O=C(O)c1cnc(NC23CC4CC(CC(O)(C4)C2)C3)nc1C1CC1. The van der Waals surface area contributed by atoms with Gasteiger partial charge in [0.05, 0.1) is 16.9 Å². The number of carboxylic acid groups (broad SMARTS) is 1. The Kier molecular flexibility index (Phi) is 2.86. The van der Waals surface area contributed by atoms with Crippen molar-refractivity contribution in [2.24, 2.45) is 11.8 Å². The van der Waals surface area contributed by atoms with E-state index in [0.29, 0.717) is 23.5 Å². The molecule has 1 heterocycles. The maximum Gasteiger partial charge on any atom is 0.339 e. The van der Waals surface area contributed by atoms with Gasteiger partial charge < -0.3 is 15.5 Å². The van der Waals surface area contributed by atoms with E-state index in [2.05, 4.69) is 15.3 Å². The number of carboxylic acids is 1. The molecule has 6 heteroatoms. The number of nitrogens with zero attached hydrogens (tertiary/aromatic N) is 2. The Morgan fingerprint density at radius 1 is 1.21 bits per heavy atom. The van der Waals surface area contributed by atoms with Gasteiger partial charge >= 0.3 is 5.97 Å². The maximum atomic E-state index is 11.4. The van der Waals surface area contributed by atoms with Crippen molar-refractivity contribution in [2.45, 2.75) is 68.4 Å². The summed E-state index contributed by atoms with van der Waals surface area (Å²) in [4.78, 5) is 20.2. The highest BCUT2D eigenvalue weighted by Crippen LogP contribution is 2.58. The van der Waals surface area contributed by atoms with Crippen LogP contribution in [0.5, 0.6) is 0 Å². The van der Waals surface area contributed by atoms with Crippen LogP contribution in [0.25, 0.3) is 0 Å². The lowest BCUT2D eigenvalue weighted by Crippen LogP contribution is -2.62. The molecule has 5 fully saturated rings. The van der Waals surface area contributed by atoms with Crippen LogP contribution in [0.4, 0.5) is 5.95 Å². The van der Waals surface area contributed by atoms with Gasteiger partial charge in [0.2, 0.25) is 5.95 Å². The summed E-state index contributed by atoms with van der Waals surface area (Å²) in [5, 5.41) is 23.7. The third-order valence-electron chi connectivity index (χ3n) is 6.42. The number of aliphatic hydroxyl groups is 1. The van der Waals surface area contributed by atoms with Crippen LogP contribution in [0.2, 0.25) is 0 Å². The van der Waals surface area contributed by atoms with Crippen LogP contribution in [0, 0.1) is 11.8 Å². The zero-order chi connectivity index (χ0) is 16.5. The summed E-state index contributed by atoms with van der Waals surface area (Å²) in [6.07, 6.45) is 9.44. The van der Waals surface area contributed by atoms with Crippen molar-refractivity contribution >= 4 is 11.9 Å². The highest BCUT2D eigenvalue weighted by atomic mass is 16.4. The van der Waals surface area contributed by atoms with E-state index >= 15 is 0 Å². The van der Waals surface area contributed by atoms with E-state index in [1.807, 2.05) is 0 Å². The van der Waals surface area contributed by atoms with E-state index in [9.17, 15) is 15.0 Å². The second-order valence-corrected chi connectivity index (χ2v) is 8.66. The molecule has 0 aliphatic heterocycles. The van der Waals surface area contributed by atoms with Crippen LogP contribution in [0.15, 0.2) is 6.20 Å². The van der Waals surface area contributed by atoms with E-state index in [1.165, 1.54) is 12.6 Å². The van der Waals surface area contributed by atoms with Gasteiger partial charge in [-0.15, -0.1) is 0 Å². The molecule has 0 amide bonds. The first kappa shape index (κ1) is 14.6. The van der Waals surface area contributed by atoms with E-state index in [1.54, 1.807) is 0 Å². The Bertz CT molecular complexity index is 701. The minimum atomic E-state index is -0.951. The number of nitrogens with one attached hydrogen (secondary N) is 1. The molecule has 5 aliphatic rings. The van der Waals surface area contributed by atoms with Gasteiger partial charge in [0.25, 0.3) is 0 Å². The summed E-state index contributed by atoms with van der Waals surface area (Å²) in [6.45, 7) is 0. The molecule has 2 atom stereocenters. The lowest BCUT2D eigenvalue weighted by atomic mass is 9.51. The summed E-state index contributed by atoms with van der Waals surface area (Å²) in [5.41, 5.74) is 0.248. The Labute approximate surface area is 140 Å². The molecule has 24 heavy (non-hydrogen) atoms. The summed E-state index contributed by atoms with van der Waals surface area (Å²) < 4.78 is 0. The fourth-order valence-electron chi connectivity index (χ4n) is 5.89. The van der Waals surface area contributed by atoms with E-state index in [0.717, 1.165) is 44.9 Å². The Balaban J connectivity index is 1.46. The van der Waals surface area contributed by atoms with Crippen LogP contribution in [-0.4, -0.2) is 37.3 Å². The summed E-state index contributed by atoms with van der Waals surface area (Å²) >= 11 is 0. The predicted molar refractivity (Wildman–Crippen MR) is 87.0 cm³/mol. The van der Waals surface area contributed by atoms with Crippen LogP contribution >= 0.6 is 0 Å². The predicted octanol–water partition coefficient (Wildman–Crippen LogP) is 2.55. The number of rotatable bonds is 4. The van der Waals surface area contributed by atoms with Crippen molar-refractivity contribution in [3.8, 4) is 0 Å². The number of aromatic carboxylic acids is 1. The minimum Gasteiger partial charge on any atom is -0.478 e. The molecule has 128 valence electrons. The molecule has 0 saturated heterocycles. The van der Waals surface area contributed by atoms with Crippen LogP contribution in [0.1, 0.15) is 73.3 Å². The molecule has 6 rings (SSSR count). The molecule has 0 spiro atoms. The van der Waals surface area contributed by atoms with Crippen LogP contribution in [0.3, 0.4) is 0 Å². The van der Waals surface area contributed by atoms with Gasteiger partial charge in [0.1, 0.15) is 0 Å². The highest BCUT2D eigenvalue weighted by molar-refractivity contribution is 5.89. The lowest BCUT2D eigenvalue weighted by Gasteiger charge is -2.60. The number of aromatic nitrogens is 2. The second-order valence-electron chi connectivity index (χ2n) is 8.66. The number of hydrogen-bond acceptors (Lipinski definition) is 5. The van der Waals surface area contributed by atoms with E-state index < -0.39 is 11.6 Å². The molecule has 2 unspecified atom stereocenters. The van der Waals surface area contributed by atoms with Crippen LogP contribution in [-0.2, 0) is 0 Å². The smallest absolute Gasteiger partial charge is 0.339 e. The van der Waals surface area contributed by atoms with Crippen LogP contribution < -0.4 is 5.32 Å². The largest absolute Gasteiger partial charge is 0.478 e. The first-order chi connectivity index (χ1) is 11.4. The first-order valence-corrected chi connectivity index (χ1v) is 9.05. The molecule has 6 nitrogen and oxygen atoms in total. The molecule has 1 aromatic rings. The topological polar surface area (TPSA) is 95.3 Å². The Morgan fingerprint density at radius 3 is 2.50 bits per heavy atom. The van der Waals surface area contributed by atoms with E-state index in [4.69, 9.17) is 0 Å². The van der Waals surface area contributed by atoms with Crippen molar-refractivity contribution in [1.29, 1.82) is 0 Å². The molecule has 5 aliphatic carbocycles. The average Bonchev–Trinajstić information content (AvgIpc) is 3.28. The van der Waals surface area contributed by atoms with Gasteiger partial charge in [-0.05, 0) is 63.2 Å². The van der Waals surface area contributed by atoms with Gasteiger partial charge in [-0.25, -0.2) is 14.8 Å². The molecule has 1 aromatic heterocycles. The zero-order valence-electron chi connectivity index (χ0n) is 13.7. The fourth-order valence-corrected chi connectivity index (χ4v) is 5.89. The van der Waals surface area contributed by atoms with Gasteiger partial charge in [-0.2, -0.15) is 0 Å². The molecule has 3 N–H and O–H groups in total. The van der Waals surface area contributed by atoms with Crippen molar-refractivity contribution in [3.05, 3.63) is 17.5 Å². The van der Waals surface area contributed by atoms with Gasteiger partial charge in [0.15, 0.2) is 0 Å². The quantitative estimate of drug-likeness (QED) is 0.786. The number of carbonyl (C=O) groups is 1. The van der Waals surface area contributed by atoms with Crippen molar-refractivity contribution in [1.82, 2.24) is 9.97 Å². The fraction of sp³-hybridized carbons (Fsp3) is 0.722. The number of hydrogen-bond donors (Lipinski definition) is 3. The average molecular weight is 329 g/mol. The van der Waals surface area contributed by atoms with Gasteiger partial charge in [-0.1, -0.05) is 0 Å². The molecular formula is C18H23N3O3. The zero-order valence-corrected chi connectivity index (χ0v) is 13.7. The lowest BCUT2D eigenvalue weighted by molar-refractivity contribution is -0.127. The molecule has 5 saturated carbocycles. The van der Waals surface area contributed by atoms with Crippen molar-refractivity contribution in [3.63, 3.8) is 0 Å². The summed E-state index contributed by atoms with van der Waals surface area (Å²) in [6, 6.07) is 0. The standard InChI is InChI=1S/C18H23N3O3/c22-15(23)13-8-19-16(20-14(13)12-1-2-12)21-17-4-10-3-11(5-17)7-18(24,6-10)9-17/h8,10-12,24H,1-7,9H2,(H,22,23)(H,19,20,21). The maximum absolute atomic E-state index is 11.4. The monoisotopic (exact) mass is 329 g/mol. The highest BCUT2D eigenvalue weighted by Gasteiger charge is 2.57. The molecular weight excluding hydrogens is 306 g/mol. The molecule has 0 aromatic carbocycles. The first-order valence-electron chi connectivity index (χ1n) is 9.05. The summed E-state index contributed by atoms with van der Waals surface area (Å²) in [5.74, 6) is 1.02. The third kappa shape index (κ3) is 2.31. The van der Waals surface area contributed by atoms with Gasteiger partial charge in [-0.3, -0.25) is 0 Å². The molecule has 0 radical (unpaired) electrons. The third-order valence-corrected chi connectivity index (χ3v) is 6.42. The Morgan fingerprint density at radius 2 is 1.92 bits per heavy atom. The normalized spacial score (nSPS) is 39.9. The van der Waals surface area contributed by atoms with Crippen molar-refractivity contribution < 1.29 is 15.0 Å². The van der Waals surface area contributed by atoms with E-state index in [-0.39, 0.29) is 17.0 Å². The minimum absolute atomic E-state index is 0.121. The number of anilines is 1. The molecule has 4 bridgehead atoms. The van der Waals surface area contributed by atoms with Crippen molar-refractivity contribution in [2.75, 3.05) is 5.32 Å². The Hall–Kier alpha value is -1.69. The summed E-state index contributed by atoms with van der Waals surface area (Å²) in [7, 11) is 0. The second kappa shape index (κ2) is 4.69.